The van der Waals surface area contributed by atoms with E-state index in [0.29, 0.717) is 44.4 Å². The number of anilines is 1. The molecule has 8 rings (SSSR count). The van der Waals surface area contributed by atoms with Gasteiger partial charge in [0.05, 0.1) is 23.6 Å². The number of likely N-dealkylation sites (tertiary alicyclic amines) is 1. The summed E-state index contributed by atoms with van der Waals surface area (Å²) in [5, 5.41) is 11.9. The molecule has 5 aromatic rings. The number of nitrogens with zero attached hydrogens (tertiary/aromatic N) is 9. The average molecular weight is 673 g/mol. The van der Waals surface area contributed by atoms with Crippen LogP contribution in [0.25, 0.3) is 39.4 Å². The molecule has 0 saturated carbocycles. The number of amides is 2. The molecule has 13 heteroatoms. The molecule has 4 aromatic heterocycles. The van der Waals surface area contributed by atoms with Crippen LogP contribution in [0.3, 0.4) is 0 Å². The Morgan fingerprint density at radius 2 is 1.82 bits per heavy atom. The summed E-state index contributed by atoms with van der Waals surface area (Å²) in [6, 6.07) is 15.6. The largest absolute Gasteiger partial charge is 0.491 e. The van der Waals surface area contributed by atoms with E-state index >= 15 is 0 Å². The van der Waals surface area contributed by atoms with Gasteiger partial charge in [-0.25, -0.2) is 9.97 Å². The molecule has 7 heterocycles. The number of benzene rings is 1. The third-order valence-corrected chi connectivity index (χ3v) is 10.00. The number of ether oxygens (including phenoxy) is 1. The highest BCUT2D eigenvalue weighted by Gasteiger charge is 2.51. The van der Waals surface area contributed by atoms with E-state index in [1.165, 1.54) is 5.57 Å². The summed E-state index contributed by atoms with van der Waals surface area (Å²) in [5.41, 5.74) is 5.65. The number of aromatic nitrogens is 7. The Hall–Kier alpha value is -5.43. The maximum absolute atomic E-state index is 14.0. The first kappa shape index (κ1) is 31.8. The molecule has 13 nitrogen and oxygen atoms in total. The molecule has 1 aromatic carbocycles. The average Bonchev–Trinajstić information content (AvgIpc) is 3.92. The predicted octanol–water partition coefficient (Wildman–Crippen LogP) is 4.35. The second-order valence-corrected chi connectivity index (χ2v) is 13.8. The number of rotatable bonds is 8. The lowest BCUT2D eigenvalue weighted by Gasteiger charge is -2.29. The van der Waals surface area contributed by atoms with Crippen molar-refractivity contribution in [1.82, 2.24) is 44.7 Å². The van der Waals surface area contributed by atoms with E-state index in [2.05, 4.69) is 36.2 Å². The summed E-state index contributed by atoms with van der Waals surface area (Å²) in [5.74, 6) is 2.21. The van der Waals surface area contributed by atoms with E-state index in [9.17, 15) is 9.59 Å². The van der Waals surface area contributed by atoms with Gasteiger partial charge in [-0.2, -0.15) is 5.10 Å². The summed E-state index contributed by atoms with van der Waals surface area (Å²) in [6.07, 6.45) is 7.96. The fourth-order valence-electron chi connectivity index (χ4n) is 7.34. The van der Waals surface area contributed by atoms with Crippen LogP contribution >= 0.6 is 0 Å². The van der Waals surface area contributed by atoms with E-state index in [1.54, 1.807) is 11.0 Å². The van der Waals surface area contributed by atoms with Gasteiger partial charge in [-0.05, 0) is 93.3 Å². The summed E-state index contributed by atoms with van der Waals surface area (Å²) in [4.78, 5) is 47.0. The number of hydrogen-bond acceptors (Lipinski definition) is 9. The third kappa shape index (κ3) is 6.02. The molecule has 0 aliphatic carbocycles. The molecule has 2 fully saturated rings. The zero-order valence-electron chi connectivity index (χ0n) is 28.5. The number of fused-ring (bicyclic) bond motifs is 1. The van der Waals surface area contributed by atoms with Crippen molar-refractivity contribution in [2.24, 2.45) is 12.5 Å². The Morgan fingerprint density at radius 1 is 1.00 bits per heavy atom. The highest BCUT2D eigenvalue weighted by atomic mass is 16.5. The van der Waals surface area contributed by atoms with Crippen LogP contribution in [-0.4, -0.2) is 102 Å². The molecule has 2 saturated heterocycles. The molecule has 0 radical (unpaired) electrons. The predicted molar refractivity (Wildman–Crippen MR) is 189 cm³/mol. The summed E-state index contributed by atoms with van der Waals surface area (Å²) >= 11 is 0. The molecule has 3 aliphatic rings. The first-order valence-electron chi connectivity index (χ1n) is 17.2. The van der Waals surface area contributed by atoms with Crippen LogP contribution in [0.4, 0.5) is 5.82 Å². The van der Waals surface area contributed by atoms with Crippen molar-refractivity contribution in [3.63, 3.8) is 0 Å². The number of pyridine rings is 2. The molecule has 1 N–H and O–H groups in total. The van der Waals surface area contributed by atoms with Gasteiger partial charge < -0.3 is 9.64 Å². The normalized spacial score (nSPS) is 19.7. The highest BCUT2D eigenvalue weighted by Crippen LogP contribution is 2.42. The van der Waals surface area contributed by atoms with Gasteiger partial charge in [-0.3, -0.25) is 34.2 Å². The van der Waals surface area contributed by atoms with Crippen LogP contribution in [0.2, 0.25) is 0 Å². The third-order valence-electron chi connectivity index (χ3n) is 10.00. The summed E-state index contributed by atoms with van der Waals surface area (Å²) < 4.78 is 7.45. The number of nitrogens with one attached hydrogen (secondary N) is 1. The highest BCUT2D eigenvalue weighted by molar-refractivity contribution is 6.01. The van der Waals surface area contributed by atoms with Crippen LogP contribution in [0.15, 0.2) is 67.1 Å². The van der Waals surface area contributed by atoms with Gasteiger partial charge in [-0.15, -0.1) is 5.10 Å². The smallest absolute Gasteiger partial charge is 0.237 e. The fraction of sp³-hybridized carbons (Fsp3) is 0.378. The summed E-state index contributed by atoms with van der Waals surface area (Å²) in [7, 11) is 1.83. The molecule has 256 valence electrons. The van der Waals surface area contributed by atoms with Gasteiger partial charge in [0.1, 0.15) is 34.8 Å². The maximum Gasteiger partial charge on any atom is 0.237 e. The second-order valence-electron chi connectivity index (χ2n) is 13.8. The number of carbonyl (C=O) groups is 2. The SMILES string of the molecule is CC(C)Oc1ccc(-c2n[nH]c3ccc(N4CC[C@]5(CCN(CC(=O)N6CC=C(c7ccc(-c8ncn(C)n8)nc7)CC6)C5)C4=O)nc23)cc1. The second kappa shape index (κ2) is 12.8. The van der Waals surface area contributed by atoms with E-state index in [1.807, 2.05) is 85.4 Å². The van der Waals surface area contributed by atoms with Gasteiger partial charge in [0.2, 0.25) is 11.8 Å². The van der Waals surface area contributed by atoms with Gasteiger partial charge in [0.15, 0.2) is 5.82 Å². The van der Waals surface area contributed by atoms with Gasteiger partial charge in [0, 0.05) is 45.0 Å². The number of carbonyl (C=O) groups excluding carboxylic acids is 2. The molecular weight excluding hydrogens is 632 g/mol. The standard InChI is InChI=1S/C37H40N10O3/c1-24(2)50-28-7-4-26(5-8-28)33-34-29(41-42-33)10-11-31(40-34)47-19-15-37(36(47)49)14-18-45(22-37)21-32(48)46-16-12-25(13-17-46)27-6-9-30(38-20-27)35-39-23-44(3)43-35/h4-12,20,23-24H,13-19,21-22H2,1-3H3,(H,41,42)/t37-/m0/s1. The number of hydrogen-bond donors (Lipinski definition) is 1. The lowest BCUT2D eigenvalue weighted by Crippen LogP contribution is -2.43. The maximum atomic E-state index is 14.0. The van der Waals surface area contributed by atoms with E-state index in [4.69, 9.17) is 9.72 Å². The van der Waals surface area contributed by atoms with Crippen LogP contribution in [0.1, 0.15) is 38.7 Å². The monoisotopic (exact) mass is 672 g/mol. The van der Waals surface area contributed by atoms with Gasteiger partial charge in [0.25, 0.3) is 0 Å². The number of H-pyrrole nitrogens is 1. The van der Waals surface area contributed by atoms with Crippen molar-refractivity contribution in [3.8, 4) is 28.5 Å². The minimum atomic E-state index is -0.499. The lowest BCUT2D eigenvalue weighted by molar-refractivity contribution is -0.132. The minimum absolute atomic E-state index is 0.0866. The van der Waals surface area contributed by atoms with Gasteiger partial charge >= 0.3 is 0 Å². The Kier molecular flexibility index (Phi) is 8.14. The van der Waals surface area contributed by atoms with Crippen LogP contribution < -0.4 is 9.64 Å². The van der Waals surface area contributed by atoms with Crippen LogP contribution in [0.5, 0.6) is 5.75 Å². The molecule has 50 heavy (non-hydrogen) atoms. The van der Waals surface area contributed by atoms with Crippen molar-refractivity contribution < 1.29 is 14.3 Å². The first-order valence-corrected chi connectivity index (χ1v) is 17.2. The lowest BCUT2D eigenvalue weighted by atomic mass is 9.85. The van der Waals surface area contributed by atoms with Gasteiger partial charge in [-0.1, -0.05) is 12.1 Å². The van der Waals surface area contributed by atoms with E-state index < -0.39 is 5.41 Å². The van der Waals surface area contributed by atoms with Crippen molar-refractivity contribution in [2.45, 2.75) is 39.2 Å². The quantitative estimate of drug-likeness (QED) is 0.255. The molecule has 0 unspecified atom stereocenters. The van der Waals surface area contributed by atoms with Crippen LogP contribution in [-0.2, 0) is 16.6 Å². The minimum Gasteiger partial charge on any atom is -0.491 e. The molecule has 3 aliphatic heterocycles. The molecular formula is C37H40N10O3. The number of aromatic amines is 1. The Morgan fingerprint density at radius 3 is 2.54 bits per heavy atom. The fourth-order valence-corrected chi connectivity index (χ4v) is 7.34. The molecule has 2 amide bonds. The Balaban J connectivity index is 0.889. The summed E-state index contributed by atoms with van der Waals surface area (Å²) in [6.45, 7) is 7.42. The van der Waals surface area contributed by atoms with E-state index in [-0.39, 0.29) is 17.9 Å². The van der Waals surface area contributed by atoms with Crippen LogP contribution in [0, 0.1) is 5.41 Å². The first-order chi connectivity index (χ1) is 24.2. The zero-order valence-corrected chi connectivity index (χ0v) is 28.5. The Bertz CT molecular complexity index is 2080. The van der Waals surface area contributed by atoms with Crippen molar-refractivity contribution in [2.75, 3.05) is 44.2 Å². The molecule has 0 bridgehead atoms. The number of aryl methyl sites for hydroxylation is 1. The van der Waals surface area contributed by atoms with Crippen molar-refractivity contribution >= 4 is 34.2 Å². The van der Waals surface area contributed by atoms with E-state index in [0.717, 1.165) is 65.1 Å². The topological polar surface area (TPSA) is 138 Å². The molecule has 1 atom stereocenters. The molecule has 1 spiro atoms. The Labute approximate surface area is 290 Å². The van der Waals surface area contributed by atoms with Crippen molar-refractivity contribution in [1.29, 1.82) is 0 Å². The van der Waals surface area contributed by atoms with Crippen molar-refractivity contribution in [3.05, 3.63) is 72.7 Å². The zero-order chi connectivity index (χ0) is 34.4.